The monoisotopic (exact) mass is 328 g/mol. The number of carbonyl (C=O) groups excluding carboxylic acids is 2. The summed E-state index contributed by atoms with van der Waals surface area (Å²) in [6.07, 6.45) is 1.66. The van der Waals surface area contributed by atoms with Crippen LogP contribution in [0.2, 0.25) is 0 Å². The van der Waals surface area contributed by atoms with Crippen LogP contribution in [0.25, 0.3) is 0 Å². The highest BCUT2D eigenvalue weighted by molar-refractivity contribution is 9.10. The van der Waals surface area contributed by atoms with Crippen LogP contribution in [0.5, 0.6) is 0 Å². The van der Waals surface area contributed by atoms with Gasteiger partial charge < -0.3 is 15.0 Å². The van der Waals surface area contributed by atoms with Crippen LogP contribution in [-0.2, 0) is 4.74 Å². The molecule has 2 N–H and O–H groups in total. The molecule has 0 radical (unpaired) electrons. The molecule has 0 aliphatic carbocycles. The molecule has 0 aliphatic rings. The largest absolute Gasteiger partial charge is 0.465 e. The predicted octanol–water partition coefficient (Wildman–Crippen LogP) is 2.88. The van der Waals surface area contributed by atoms with E-state index < -0.39 is 5.97 Å². The molecule has 7 heteroatoms. The molecule has 0 unspecified atom stereocenters. The van der Waals surface area contributed by atoms with Crippen molar-refractivity contribution in [2.24, 2.45) is 0 Å². The number of aromatic nitrogens is 1. The smallest absolute Gasteiger partial charge is 0.350 e. The number of esters is 1. The first-order valence-corrected chi connectivity index (χ1v) is 6.60. The molecular formula is C11H9BrN2O3S. The summed E-state index contributed by atoms with van der Waals surface area (Å²) in [4.78, 5) is 26.5. The van der Waals surface area contributed by atoms with Crippen LogP contribution in [0.3, 0.4) is 0 Å². The summed E-state index contributed by atoms with van der Waals surface area (Å²) in [6, 6.07) is 3.31. The van der Waals surface area contributed by atoms with Gasteiger partial charge in [-0.2, -0.15) is 0 Å². The lowest BCUT2D eigenvalue weighted by Crippen LogP contribution is -2.14. The molecule has 2 aromatic rings. The molecule has 2 aromatic heterocycles. The average Bonchev–Trinajstić information content (AvgIpc) is 2.97. The Balaban J connectivity index is 2.17. The summed E-state index contributed by atoms with van der Waals surface area (Å²) < 4.78 is 5.42. The number of amides is 1. The molecular weight excluding hydrogens is 320 g/mol. The van der Waals surface area contributed by atoms with Crippen LogP contribution in [0.1, 0.15) is 20.2 Å². The molecule has 0 saturated carbocycles. The number of halogens is 1. The Morgan fingerprint density at radius 1 is 1.50 bits per heavy atom. The third-order valence-corrected chi connectivity index (χ3v) is 3.53. The van der Waals surface area contributed by atoms with Crippen molar-refractivity contribution in [3.05, 3.63) is 38.8 Å². The highest BCUT2D eigenvalue weighted by Gasteiger charge is 2.16. The van der Waals surface area contributed by atoms with Gasteiger partial charge in [0.15, 0.2) is 0 Å². The van der Waals surface area contributed by atoms with Crippen molar-refractivity contribution in [2.45, 2.75) is 0 Å². The van der Waals surface area contributed by atoms with Crippen LogP contribution in [0.15, 0.2) is 28.2 Å². The van der Waals surface area contributed by atoms with Crippen molar-refractivity contribution in [1.82, 2.24) is 4.98 Å². The predicted molar refractivity (Wildman–Crippen MR) is 72.1 cm³/mol. The van der Waals surface area contributed by atoms with Crippen molar-refractivity contribution < 1.29 is 14.3 Å². The minimum atomic E-state index is -0.465. The van der Waals surface area contributed by atoms with Gasteiger partial charge in [0.05, 0.1) is 12.8 Å². The third kappa shape index (κ3) is 2.62. The molecule has 2 heterocycles. The van der Waals surface area contributed by atoms with E-state index in [1.165, 1.54) is 18.4 Å². The minimum absolute atomic E-state index is 0.316. The summed E-state index contributed by atoms with van der Waals surface area (Å²) in [5.74, 6) is -0.780. The molecule has 0 spiro atoms. The van der Waals surface area contributed by atoms with Crippen LogP contribution in [0, 0.1) is 0 Å². The Kier molecular flexibility index (Phi) is 3.83. The zero-order valence-electron chi connectivity index (χ0n) is 9.32. The minimum Gasteiger partial charge on any atom is -0.465 e. The molecule has 94 valence electrons. The summed E-state index contributed by atoms with van der Waals surface area (Å²) in [5.41, 5.74) is 0.853. The van der Waals surface area contributed by atoms with Crippen molar-refractivity contribution in [3.63, 3.8) is 0 Å². The van der Waals surface area contributed by atoms with E-state index in [0.29, 0.717) is 16.3 Å². The molecule has 18 heavy (non-hydrogen) atoms. The van der Waals surface area contributed by atoms with Gasteiger partial charge in [-0.3, -0.25) is 4.79 Å². The molecule has 5 nitrogen and oxygen atoms in total. The maximum atomic E-state index is 11.9. The molecule has 2 rings (SSSR count). The third-order valence-electron chi connectivity index (χ3n) is 2.18. The zero-order chi connectivity index (χ0) is 13.1. The summed E-state index contributed by atoms with van der Waals surface area (Å²) in [5, 5.41) is 4.37. The first-order chi connectivity index (χ1) is 8.61. The summed E-state index contributed by atoms with van der Waals surface area (Å²) in [6.45, 7) is 0. The lowest BCUT2D eigenvalue weighted by Gasteiger charge is -2.03. The van der Waals surface area contributed by atoms with Crippen molar-refractivity contribution >= 4 is 44.8 Å². The lowest BCUT2D eigenvalue weighted by molar-refractivity contribution is 0.0607. The SMILES string of the molecule is COC(=O)c1sccc1NC(=O)c1cc(Br)c[nH]1. The van der Waals surface area contributed by atoms with E-state index in [1.54, 1.807) is 23.7 Å². The fourth-order valence-electron chi connectivity index (χ4n) is 1.35. The molecule has 0 saturated heterocycles. The molecule has 1 amide bonds. The van der Waals surface area contributed by atoms with Gasteiger partial charge in [-0.1, -0.05) is 0 Å². The fraction of sp³-hybridized carbons (Fsp3) is 0.0909. The number of aromatic amines is 1. The number of thiophene rings is 1. The van der Waals surface area contributed by atoms with E-state index in [9.17, 15) is 9.59 Å². The Bertz CT molecular complexity index is 591. The highest BCUT2D eigenvalue weighted by Crippen LogP contribution is 2.23. The van der Waals surface area contributed by atoms with Gasteiger partial charge in [0.1, 0.15) is 10.6 Å². The van der Waals surface area contributed by atoms with Gasteiger partial charge >= 0.3 is 5.97 Å². The maximum absolute atomic E-state index is 11.9. The van der Waals surface area contributed by atoms with Crippen molar-refractivity contribution in [2.75, 3.05) is 12.4 Å². The summed E-state index contributed by atoms with van der Waals surface area (Å²) in [7, 11) is 1.30. The van der Waals surface area contributed by atoms with Crippen molar-refractivity contribution in [1.29, 1.82) is 0 Å². The average molecular weight is 329 g/mol. The van der Waals surface area contributed by atoms with E-state index in [2.05, 4.69) is 31.0 Å². The number of hydrogen-bond donors (Lipinski definition) is 2. The number of ether oxygens (including phenoxy) is 1. The number of anilines is 1. The Morgan fingerprint density at radius 2 is 2.28 bits per heavy atom. The molecule has 0 fully saturated rings. The van der Waals surface area contributed by atoms with Gasteiger partial charge in [-0.25, -0.2) is 4.79 Å². The maximum Gasteiger partial charge on any atom is 0.350 e. The lowest BCUT2D eigenvalue weighted by atomic mass is 10.3. The Morgan fingerprint density at radius 3 is 2.89 bits per heavy atom. The van der Waals surface area contributed by atoms with E-state index >= 15 is 0 Å². The van der Waals surface area contributed by atoms with Crippen molar-refractivity contribution in [3.8, 4) is 0 Å². The van der Waals surface area contributed by atoms with Gasteiger partial charge in [-0.05, 0) is 33.4 Å². The van der Waals surface area contributed by atoms with Gasteiger partial charge in [0, 0.05) is 10.7 Å². The number of methoxy groups -OCH3 is 1. The fourth-order valence-corrected chi connectivity index (χ4v) is 2.46. The normalized spacial score (nSPS) is 10.1. The van der Waals surface area contributed by atoms with Crippen LogP contribution >= 0.6 is 27.3 Å². The number of H-pyrrole nitrogens is 1. The quantitative estimate of drug-likeness (QED) is 0.851. The highest BCUT2D eigenvalue weighted by atomic mass is 79.9. The van der Waals surface area contributed by atoms with E-state index in [1.807, 2.05) is 0 Å². The number of rotatable bonds is 3. The Labute approximate surface area is 115 Å². The topological polar surface area (TPSA) is 71.2 Å². The molecule has 0 aliphatic heterocycles. The molecule has 0 atom stereocenters. The van der Waals surface area contributed by atoms with Gasteiger partial charge in [0.25, 0.3) is 5.91 Å². The first kappa shape index (κ1) is 12.8. The number of nitrogens with one attached hydrogen (secondary N) is 2. The molecule has 0 aromatic carbocycles. The van der Waals surface area contributed by atoms with E-state index in [4.69, 9.17) is 0 Å². The second-order valence-electron chi connectivity index (χ2n) is 3.34. The van der Waals surface area contributed by atoms with Gasteiger partial charge in [-0.15, -0.1) is 11.3 Å². The molecule has 0 bridgehead atoms. The zero-order valence-corrected chi connectivity index (χ0v) is 11.7. The number of hydrogen-bond acceptors (Lipinski definition) is 4. The van der Waals surface area contributed by atoms with Crippen LogP contribution in [-0.4, -0.2) is 24.0 Å². The van der Waals surface area contributed by atoms with E-state index in [-0.39, 0.29) is 5.91 Å². The first-order valence-electron chi connectivity index (χ1n) is 4.93. The second kappa shape index (κ2) is 5.36. The number of carbonyl (C=O) groups is 2. The van der Waals surface area contributed by atoms with Gasteiger partial charge in [0.2, 0.25) is 0 Å². The summed E-state index contributed by atoms with van der Waals surface area (Å²) >= 11 is 4.46. The Hall–Kier alpha value is -1.60. The van der Waals surface area contributed by atoms with Crippen LogP contribution in [0.4, 0.5) is 5.69 Å². The van der Waals surface area contributed by atoms with Crippen LogP contribution < -0.4 is 5.32 Å². The van der Waals surface area contributed by atoms with E-state index in [0.717, 1.165) is 4.47 Å². The standard InChI is InChI=1S/C11H9BrN2O3S/c1-17-11(16)9-7(2-3-18-9)14-10(15)8-4-6(12)5-13-8/h2-5,13H,1H3,(H,14,15). The second-order valence-corrected chi connectivity index (χ2v) is 5.17.